The van der Waals surface area contributed by atoms with E-state index in [2.05, 4.69) is 9.47 Å². The minimum Gasteiger partial charge on any atom is -0.481 e. The molecule has 0 rings (SSSR count). The molecule has 0 aromatic heterocycles. The Morgan fingerprint density at radius 3 is 1.63 bits per heavy atom. The molecule has 0 heterocycles. The van der Waals surface area contributed by atoms with E-state index in [0.29, 0.717) is 6.42 Å². The van der Waals surface area contributed by atoms with Crippen LogP contribution in [0.25, 0.3) is 0 Å². The normalized spacial score (nSPS) is 10.6. The number of carboxylic acids is 2. The van der Waals surface area contributed by atoms with Crippen molar-refractivity contribution in [3.63, 3.8) is 0 Å². The molecular weight excluding hydrogens is 284 g/mol. The molecule has 0 aliphatic carbocycles. The van der Waals surface area contributed by atoms with E-state index in [-0.39, 0.29) is 6.42 Å². The highest BCUT2D eigenvalue weighted by Crippen LogP contribution is 2.26. The van der Waals surface area contributed by atoms with Gasteiger partial charge in [0.05, 0.1) is 0 Å². The van der Waals surface area contributed by atoms with Gasteiger partial charge in [-0.25, -0.2) is 0 Å². The van der Waals surface area contributed by atoms with Crippen LogP contribution in [0.5, 0.6) is 0 Å². The van der Waals surface area contributed by atoms with Gasteiger partial charge in [-0.15, -0.1) is 0 Å². The van der Waals surface area contributed by atoms with Crippen molar-refractivity contribution in [1.82, 2.24) is 0 Å². The quantitative estimate of drug-likeness (QED) is 0.290. The Morgan fingerprint density at radius 1 is 1.00 bits per heavy atom. The molecule has 0 bridgehead atoms. The first-order chi connectivity index (χ1) is 8.68. The third-order valence-corrected chi connectivity index (χ3v) is 2.02. The number of carboxylic acid groups (broad SMARTS) is 2. The first-order valence-electron chi connectivity index (χ1n) is 5.24. The summed E-state index contributed by atoms with van der Waals surface area (Å²) in [6.07, 6.45) is -1.65. The highest BCUT2D eigenvalue weighted by molar-refractivity contribution is 6.23. The highest BCUT2D eigenvalue weighted by Gasteiger charge is 2.36. The van der Waals surface area contributed by atoms with E-state index in [1.54, 1.807) is 6.92 Å². The summed E-state index contributed by atoms with van der Waals surface area (Å²) in [6.45, 7) is 1.65. The van der Waals surface area contributed by atoms with Crippen molar-refractivity contribution in [2.24, 2.45) is 0 Å². The predicted molar refractivity (Wildman–Crippen MR) is 60.2 cm³/mol. The molecule has 0 aromatic rings. The van der Waals surface area contributed by atoms with Gasteiger partial charge < -0.3 is 19.7 Å². The zero-order valence-electron chi connectivity index (χ0n) is 10.1. The molecular formula is C10H13ClO8. The van der Waals surface area contributed by atoms with Crippen LogP contribution >= 0.6 is 11.6 Å². The number of hydrogen-bond donors (Lipinski definition) is 2. The number of alkyl halides is 1. The molecule has 0 saturated heterocycles. The van der Waals surface area contributed by atoms with Gasteiger partial charge in [0, 0.05) is 6.42 Å². The predicted octanol–water partition coefficient (Wildman–Crippen LogP) is 0.715. The maximum atomic E-state index is 11.2. The molecule has 0 spiro atoms. The minimum absolute atomic E-state index is 0.106. The molecule has 9 heteroatoms. The van der Waals surface area contributed by atoms with Crippen molar-refractivity contribution in [2.45, 2.75) is 37.9 Å². The van der Waals surface area contributed by atoms with E-state index >= 15 is 0 Å². The van der Waals surface area contributed by atoms with Gasteiger partial charge in [0.15, 0.2) is 0 Å². The number of carbonyl (C=O) groups is 4. The molecule has 0 fully saturated rings. The van der Waals surface area contributed by atoms with Crippen LogP contribution < -0.4 is 0 Å². The topological polar surface area (TPSA) is 127 Å². The van der Waals surface area contributed by atoms with Crippen molar-refractivity contribution in [1.29, 1.82) is 0 Å². The lowest BCUT2D eigenvalue weighted by atomic mass is 10.3. The molecule has 8 nitrogen and oxygen atoms in total. The summed E-state index contributed by atoms with van der Waals surface area (Å²) in [4.78, 5) is 42.9. The third kappa shape index (κ3) is 7.98. The van der Waals surface area contributed by atoms with Gasteiger partial charge in [-0.1, -0.05) is 6.92 Å². The lowest BCUT2D eigenvalue weighted by molar-refractivity contribution is -0.202. The Hall–Kier alpha value is -1.83. The molecule has 0 radical (unpaired) electrons. The molecule has 2 N–H and O–H groups in total. The first-order valence-corrected chi connectivity index (χ1v) is 5.62. The van der Waals surface area contributed by atoms with Crippen LogP contribution in [0.3, 0.4) is 0 Å². The smallest absolute Gasteiger partial charge is 0.337 e. The first kappa shape index (κ1) is 17.2. The SMILES string of the molecule is CCCC(Cl)(OC(=O)CC(=O)O)OC(=O)CC(=O)O. The van der Waals surface area contributed by atoms with Crippen LogP contribution in [0.15, 0.2) is 0 Å². The van der Waals surface area contributed by atoms with Gasteiger partial charge in [-0.05, 0) is 18.0 Å². The van der Waals surface area contributed by atoms with Crippen LogP contribution in [0.2, 0.25) is 0 Å². The number of hydrogen-bond acceptors (Lipinski definition) is 6. The number of carbonyl (C=O) groups excluding carboxylic acids is 2. The number of esters is 2. The Balaban J connectivity index is 4.65. The summed E-state index contributed by atoms with van der Waals surface area (Å²) in [5.74, 6) is -5.26. The van der Waals surface area contributed by atoms with Crippen LogP contribution in [0, 0.1) is 0 Å². The number of rotatable bonds is 8. The Labute approximate surface area is 113 Å². The van der Waals surface area contributed by atoms with E-state index in [4.69, 9.17) is 21.8 Å². The maximum absolute atomic E-state index is 11.2. The molecule has 108 valence electrons. The van der Waals surface area contributed by atoms with E-state index < -0.39 is 42.0 Å². The minimum atomic E-state index is -2.19. The summed E-state index contributed by atoms with van der Waals surface area (Å²) in [6, 6.07) is 0. The molecule has 19 heavy (non-hydrogen) atoms. The Kier molecular flexibility index (Phi) is 6.84. The molecule has 0 amide bonds. The fourth-order valence-electron chi connectivity index (χ4n) is 1.08. The van der Waals surface area contributed by atoms with Gasteiger partial charge in [0.1, 0.15) is 12.8 Å². The maximum Gasteiger partial charge on any atom is 0.337 e. The number of aliphatic carboxylic acids is 2. The van der Waals surface area contributed by atoms with Crippen LogP contribution in [0.4, 0.5) is 0 Å². The lowest BCUT2D eigenvalue weighted by Crippen LogP contribution is -2.35. The number of halogens is 1. The second-order valence-corrected chi connectivity index (χ2v) is 4.07. The zero-order chi connectivity index (χ0) is 15.1. The van der Waals surface area contributed by atoms with E-state index in [1.807, 2.05) is 0 Å². The number of ether oxygens (including phenoxy) is 2. The molecule has 0 aromatic carbocycles. The van der Waals surface area contributed by atoms with Gasteiger partial charge >= 0.3 is 29.1 Å². The van der Waals surface area contributed by atoms with Crippen molar-refractivity contribution < 1.29 is 38.9 Å². The van der Waals surface area contributed by atoms with Gasteiger partial charge in [-0.2, -0.15) is 0 Å². The molecule has 0 aliphatic heterocycles. The van der Waals surface area contributed by atoms with E-state index in [0.717, 1.165) is 0 Å². The van der Waals surface area contributed by atoms with Crippen molar-refractivity contribution in [3.8, 4) is 0 Å². The van der Waals surface area contributed by atoms with Crippen molar-refractivity contribution in [2.75, 3.05) is 0 Å². The van der Waals surface area contributed by atoms with E-state index in [1.165, 1.54) is 0 Å². The Bertz CT molecular complexity index is 348. The van der Waals surface area contributed by atoms with Gasteiger partial charge in [-0.3, -0.25) is 19.2 Å². The fraction of sp³-hybridized carbons (Fsp3) is 0.600. The summed E-state index contributed by atoms with van der Waals surface area (Å²) < 4.78 is 9.10. The lowest BCUT2D eigenvalue weighted by Gasteiger charge is -2.25. The average Bonchev–Trinajstić information content (AvgIpc) is 2.12. The molecule has 0 unspecified atom stereocenters. The van der Waals surface area contributed by atoms with Crippen LogP contribution in [-0.4, -0.2) is 39.3 Å². The largest absolute Gasteiger partial charge is 0.481 e. The second-order valence-electron chi connectivity index (χ2n) is 3.50. The standard InChI is InChI=1S/C10H13ClO8/c1-2-3-10(11,18-8(16)4-6(12)13)19-9(17)5-7(14)15/h2-5H2,1H3,(H,12,13)(H,14,15). The van der Waals surface area contributed by atoms with Gasteiger partial charge in [0.25, 0.3) is 0 Å². The van der Waals surface area contributed by atoms with Crippen LogP contribution in [0.1, 0.15) is 32.6 Å². The van der Waals surface area contributed by atoms with Crippen molar-refractivity contribution in [3.05, 3.63) is 0 Å². The highest BCUT2D eigenvalue weighted by atomic mass is 35.5. The zero-order valence-corrected chi connectivity index (χ0v) is 10.8. The second kappa shape index (κ2) is 7.57. The fourth-order valence-corrected chi connectivity index (χ4v) is 1.44. The summed E-state index contributed by atoms with van der Waals surface area (Å²) in [5.41, 5.74) is 0. The van der Waals surface area contributed by atoms with Gasteiger partial charge in [0.2, 0.25) is 0 Å². The van der Waals surface area contributed by atoms with Crippen molar-refractivity contribution >= 4 is 35.5 Å². The summed E-state index contributed by atoms with van der Waals surface area (Å²) in [7, 11) is 0. The molecule has 0 atom stereocenters. The summed E-state index contributed by atoms with van der Waals surface area (Å²) >= 11 is 5.72. The monoisotopic (exact) mass is 296 g/mol. The Morgan fingerprint density at radius 2 is 1.37 bits per heavy atom. The van der Waals surface area contributed by atoms with E-state index in [9.17, 15) is 19.2 Å². The average molecular weight is 297 g/mol. The molecule has 0 saturated carbocycles. The molecule has 0 aliphatic rings. The third-order valence-electron chi connectivity index (χ3n) is 1.67. The summed E-state index contributed by atoms with van der Waals surface area (Å²) in [5, 5.41) is 14.6. The van der Waals surface area contributed by atoms with Crippen LogP contribution in [-0.2, 0) is 28.7 Å².